The molecule has 1 aliphatic heterocycles. The third-order valence-electron chi connectivity index (χ3n) is 4.57. The third kappa shape index (κ3) is 4.17. The van der Waals surface area contributed by atoms with Gasteiger partial charge in [0.15, 0.2) is 0 Å². The van der Waals surface area contributed by atoms with Gasteiger partial charge in [-0.1, -0.05) is 5.21 Å². The number of methoxy groups -OCH3 is 1. The van der Waals surface area contributed by atoms with Crippen molar-refractivity contribution in [2.75, 3.05) is 25.1 Å². The monoisotopic (exact) mass is 424 g/mol. The Morgan fingerprint density at radius 1 is 1.13 bits per heavy atom. The SMILES string of the molecule is COC1CN(c2cnc(OCc3cn(-c4ccc(F)c(C(F)(F)F)c4)nn3)nc2)C1. The molecule has 4 rings (SSSR count). The van der Waals surface area contributed by atoms with Gasteiger partial charge in [0.25, 0.3) is 0 Å². The van der Waals surface area contributed by atoms with E-state index in [1.54, 1.807) is 19.5 Å². The fourth-order valence-corrected chi connectivity index (χ4v) is 2.85. The van der Waals surface area contributed by atoms with Gasteiger partial charge in [-0.2, -0.15) is 13.2 Å². The number of alkyl halides is 3. The van der Waals surface area contributed by atoms with E-state index in [-0.39, 0.29) is 24.4 Å². The summed E-state index contributed by atoms with van der Waals surface area (Å²) in [5.74, 6) is -1.36. The molecule has 158 valence electrons. The normalized spacial score (nSPS) is 14.6. The molecular weight excluding hydrogens is 408 g/mol. The number of ether oxygens (including phenoxy) is 2. The van der Waals surface area contributed by atoms with Crippen LogP contribution < -0.4 is 9.64 Å². The summed E-state index contributed by atoms with van der Waals surface area (Å²) in [6.07, 6.45) is 0.0327. The number of aromatic nitrogens is 5. The van der Waals surface area contributed by atoms with E-state index < -0.39 is 17.6 Å². The van der Waals surface area contributed by atoms with Crippen LogP contribution >= 0.6 is 0 Å². The van der Waals surface area contributed by atoms with Crippen molar-refractivity contribution in [1.29, 1.82) is 0 Å². The number of anilines is 1. The number of halogens is 4. The van der Waals surface area contributed by atoms with Crippen molar-refractivity contribution >= 4 is 5.69 Å². The fraction of sp³-hybridized carbons (Fsp3) is 0.333. The van der Waals surface area contributed by atoms with Gasteiger partial charge in [-0.15, -0.1) is 5.10 Å². The van der Waals surface area contributed by atoms with Crippen LogP contribution in [0.1, 0.15) is 11.3 Å². The second kappa shape index (κ2) is 7.86. The average molecular weight is 424 g/mol. The Kier molecular flexibility index (Phi) is 5.24. The smallest absolute Gasteiger partial charge is 0.419 e. The number of hydrogen-bond acceptors (Lipinski definition) is 7. The molecular formula is C18H16F4N6O2. The Bertz CT molecular complexity index is 1020. The molecule has 0 N–H and O–H groups in total. The lowest BCUT2D eigenvalue weighted by Crippen LogP contribution is -2.51. The van der Waals surface area contributed by atoms with Crippen LogP contribution in [-0.4, -0.2) is 51.3 Å². The summed E-state index contributed by atoms with van der Waals surface area (Å²) in [6, 6.07) is 2.70. The summed E-state index contributed by atoms with van der Waals surface area (Å²) in [5, 5.41) is 7.60. The highest BCUT2D eigenvalue weighted by atomic mass is 19.4. The molecule has 8 nitrogen and oxygen atoms in total. The van der Waals surface area contributed by atoms with Crippen LogP contribution in [0.2, 0.25) is 0 Å². The van der Waals surface area contributed by atoms with Crippen LogP contribution in [-0.2, 0) is 17.5 Å². The van der Waals surface area contributed by atoms with Crippen LogP contribution in [0.15, 0.2) is 36.8 Å². The summed E-state index contributed by atoms with van der Waals surface area (Å²) in [4.78, 5) is 10.3. The van der Waals surface area contributed by atoms with Crippen molar-refractivity contribution in [3.63, 3.8) is 0 Å². The Morgan fingerprint density at radius 2 is 1.87 bits per heavy atom. The van der Waals surface area contributed by atoms with Gasteiger partial charge in [-0.3, -0.25) is 0 Å². The highest BCUT2D eigenvalue weighted by Crippen LogP contribution is 2.32. The van der Waals surface area contributed by atoms with E-state index in [1.807, 2.05) is 0 Å². The lowest BCUT2D eigenvalue weighted by atomic mass is 10.1. The van der Waals surface area contributed by atoms with Gasteiger partial charge in [0.05, 0.1) is 41.6 Å². The summed E-state index contributed by atoms with van der Waals surface area (Å²) in [7, 11) is 1.66. The Hall–Kier alpha value is -3.28. The molecule has 0 radical (unpaired) electrons. The van der Waals surface area contributed by atoms with Crippen LogP contribution in [0.5, 0.6) is 6.01 Å². The maximum atomic E-state index is 13.4. The zero-order valence-electron chi connectivity index (χ0n) is 15.7. The van der Waals surface area contributed by atoms with Crippen molar-refractivity contribution in [2.24, 2.45) is 0 Å². The molecule has 0 amide bonds. The number of nitrogens with zero attached hydrogens (tertiary/aromatic N) is 6. The van der Waals surface area contributed by atoms with Crippen LogP contribution in [0.4, 0.5) is 23.2 Å². The Balaban J connectivity index is 1.38. The standard InChI is InChI=1S/C18H16F4N6O2/c1-29-14-8-27(9-14)13-5-23-17(24-6-13)30-10-11-7-28(26-25-11)12-2-3-16(19)15(4-12)18(20,21)22/h2-7,14H,8-10H2,1H3. The minimum absolute atomic E-state index is 0.0204. The molecule has 3 heterocycles. The van der Waals surface area contributed by atoms with Crippen LogP contribution in [0.3, 0.4) is 0 Å². The van der Waals surface area contributed by atoms with Gasteiger partial charge in [-0.05, 0) is 18.2 Å². The van der Waals surface area contributed by atoms with Gasteiger partial charge < -0.3 is 14.4 Å². The number of hydrogen-bond donors (Lipinski definition) is 0. The predicted octanol–water partition coefficient (Wildman–Crippen LogP) is 2.63. The van der Waals surface area contributed by atoms with Crippen molar-refractivity contribution in [3.8, 4) is 11.7 Å². The summed E-state index contributed by atoms with van der Waals surface area (Å²) in [5.41, 5.74) is -0.169. The largest absolute Gasteiger partial charge is 0.457 e. The molecule has 0 bridgehead atoms. The zero-order chi connectivity index (χ0) is 21.3. The molecule has 1 saturated heterocycles. The first-order valence-electron chi connectivity index (χ1n) is 8.84. The van der Waals surface area contributed by atoms with Gasteiger partial charge >= 0.3 is 12.2 Å². The van der Waals surface area contributed by atoms with Crippen LogP contribution in [0.25, 0.3) is 5.69 Å². The predicted molar refractivity (Wildman–Crippen MR) is 95.7 cm³/mol. The molecule has 0 saturated carbocycles. The molecule has 1 aromatic carbocycles. The van der Waals surface area contributed by atoms with Crippen LogP contribution in [0, 0.1) is 5.82 Å². The number of benzene rings is 1. The Morgan fingerprint density at radius 3 is 2.53 bits per heavy atom. The van der Waals surface area contributed by atoms with E-state index >= 15 is 0 Å². The maximum absolute atomic E-state index is 13.4. The Labute approximate surface area is 168 Å². The second-order valence-electron chi connectivity index (χ2n) is 6.59. The molecule has 0 atom stereocenters. The fourth-order valence-electron chi connectivity index (χ4n) is 2.85. The first kappa shape index (κ1) is 20.0. The lowest BCUT2D eigenvalue weighted by Gasteiger charge is -2.39. The van der Waals surface area contributed by atoms with E-state index in [9.17, 15) is 17.6 Å². The van der Waals surface area contributed by atoms with E-state index in [0.29, 0.717) is 11.8 Å². The first-order valence-corrected chi connectivity index (χ1v) is 8.84. The van der Waals surface area contributed by atoms with Crippen molar-refractivity contribution in [1.82, 2.24) is 25.0 Å². The van der Waals surface area contributed by atoms with E-state index in [2.05, 4.69) is 25.2 Å². The quantitative estimate of drug-likeness (QED) is 0.563. The van der Waals surface area contributed by atoms with Gasteiger partial charge in [0, 0.05) is 20.2 Å². The third-order valence-corrected chi connectivity index (χ3v) is 4.57. The summed E-state index contributed by atoms with van der Waals surface area (Å²) >= 11 is 0. The molecule has 2 aromatic heterocycles. The highest BCUT2D eigenvalue weighted by molar-refractivity contribution is 5.45. The lowest BCUT2D eigenvalue weighted by molar-refractivity contribution is -0.140. The molecule has 1 fully saturated rings. The van der Waals surface area contributed by atoms with Gasteiger partial charge in [0.2, 0.25) is 0 Å². The molecule has 12 heteroatoms. The molecule has 3 aromatic rings. The average Bonchev–Trinajstić information content (AvgIpc) is 3.15. The molecule has 30 heavy (non-hydrogen) atoms. The molecule has 1 aliphatic rings. The zero-order valence-corrected chi connectivity index (χ0v) is 15.7. The summed E-state index contributed by atoms with van der Waals surface area (Å²) in [6.45, 7) is 1.49. The minimum Gasteiger partial charge on any atom is -0.457 e. The van der Waals surface area contributed by atoms with Crippen molar-refractivity contribution < 1.29 is 27.0 Å². The highest BCUT2D eigenvalue weighted by Gasteiger charge is 2.34. The minimum atomic E-state index is -4.81. The van der Waals surface area contributed by atoms with E-state index in [4.69, 9.17) is 9.47 Å². The number of rotatable bonds is 6. The molecule has 0 aliphatic carbocycles. The topological polar surface area (TPSA) is 78.2 Å². The second-order valence-corrected chi connectivity index (χ2v) is 6.59. The van der Waals surface area contributed by atoms with Crippen molar-refractivity contribution in [3.05, 3.63) is 53.9 Å². The van der Waals surface area contributed by atoms with Gasteiger partial charge in [0.1, 0.15) is 18.1 Å². The first-order chi connectivity index (χ1) is 14.3. The summed E-state index contributed by atoms with van der Waals surface area (Å²) < 4.78 is 63.8. The van der Waals surface area contributed by atoms with Crippen molar-refractivity contribution in [2.45, 2.75) is 18.9 Å². The van der Waals surface area contributed by atoms with E-state index in [1.165, 1.54) is 12.3 Å². The maximum Gasteiger partial charge on any atom is 0.419 e. The van der Waals surface area contributed by atoms with Gasteiger partial charge in [-0.25, -0.2) is 19.0 Å². The molecule has 0 unspecified atom stereocenters. The molecule has 0 spiro atoms. The van der Waals surface area contributed by atoms with E-state index in [0.717, 1.165) is 29.5 Å².